The summed E-state index contributed by atoms with van der Waals surface area (Å²) in [6.45, 7) is 9.34. The Kier molecular flexibility index (Phi) is 10.4. The van der Waals surface area contributed by atoms with Crippen LogP contribution in [0.2, 0.25) is 0 Å². The van der Waals surface area contributed by atoms with E-state index in [1.54, 1.807) is 19.9 Å². The van der Waals surface area contributed by atoms with Gasteiger partial charge in [-0.25, -0.2) is 17.9 Å². The van der Waals surface area contributed by atoms with Crippen LogP contribution < -0.4 is 25.7 Å². The standard InChI is InChI=1S/C37H43N5O7S/c1-21-22(2)32(23(3)27-17-18-37(4,5)49-31(21)27)50(47,48)42-36(38)39-19-9-14-30(35(45)46)41-34(44)29-16-15-26(40-33(29)43)20-25-12-8-11-24-10-6-7-13-28(24)25/h6-8,10-13,15-16,30H,9,14,17-20H2,1-5H3,(H,40,43)(H,41,44)(H,45,46)(H3,38,39,42)/t30-/m0/s1. The highest BCUT2D eigenvalue weighted by Crippen LogP contribution is 2.42. The number of hydrogen-bond acceptors (Lipinski definition) is 7. The quantitative estimate of drug-likeness (QED) is 0.0742. The maximum Gasteiger partial charge on any atom is 0.326 e. The van der Waals surface area contributed by atoms with Gasteiger partial charge in [-0.15, -0.1) is 0 Å². The molecule has 0 spiro atoms. The summed E-state index contributed by atoms with van der Waals surface area (Å²) in [5, 5.41) is 25.2. The Labute approximate surface area is 291 Å². The predicted octanol–water partition coefficient (Wildman–Crippen LogP) is 4.61. The first-order valence-electron chi connectivity index (χ1n) is 16.5. The number of carboxylic acids is 1. The van der Waals surface area contributed by atoms with E-state index in [0.29, 0.717) is 35.4 Å². The number of carbonyl (C=O) groups is 2. The maximum absolute atomic E-state index is 13.4. The molecule has 13 heteroatoms. The largest absolute Gasteiger partial charge is 0.487 e. The number of benzene rings is 3. The van der Waals surface area contributed by atoms with Crippen LogP contribution in [0.1, 0.15) is 77.0 Å². The van der Waals surface area contributed by atoms with Crippen LogP contribution in [0, 0.1) is 26.2 Å². The molecule has 5 rings (SSSR count). The molecule has 1 aromatic heterocycles. The monoisotopic (exact) mass is 701 g/mol. The number of amides is 1. The number of rotatable bonds is 11. The number of aromatic nitrogens is 1. The Bertz CT molecular complexity index is 2150. The van der Waals surface area contributed by atoms with Crippen LogP contribution in [-0.2, 0) is 27.7 Å². The van der Waals surface area contributed by atoms with E-state index in [2.05, 4.69) is 20.3 Å². The average Bonchev–Trinajstić information content (AvgIpc) is 3.04. The van der Waals surface area contributed by atoms with Crippen LogP contribution in [0.5, 0.6) is 5.75 Å². The first-order valence-corrected chi connectivity index (χ1v) is 18.0. The van der Waals surface area contributed by atoms with Crippen LogP contribution in [-0.4, -0.2) is 54.5 Å². The number of nitrogens with one attached hydrogen (secondary N) is 5. The molecule has 0 saturated heterocycles. The third-order valence-electron chi connectivity index (χ3n) is 9.22. The van der Waals surface area contributed by atoms with Crippen molar-refractivity contribution in [1.29, 1.82) is 5.41 Å². The van der Waals surface area contributed by atoms with Crippen molar-refractivity contribution in [1.82, 2.24) is 20.3 Å². The summed E-state index contributed by atoms with van der Waals surface area (Å²) < 4.78 is 35.4. The summed E-state index contributed by atoms with van der Waals surface area (Å²) in [5.74, 6) is -1.88. The topological polar surface area (TPSA) is 191 Å². The highest BCUT2D eigenvalue weighted by atomic mass is 32.2. The SMILES string of the molecule is Cc1c(C)c(S(=O)(=O)NC(=N)NCCC[C@H](NC(=O)c2ccc(Cc3cccc4ccccc34)[nH]c2=O)C(=O)O)c(C)c2c1OC(C)(C)CC2. The van der Waals surface area contributed by atoms with Crippen molar-refractivity contribution in [2.45, 2.75) is 83.3 Å². The zero-order valence-corrected chi connectivity index (χ0v) is 29.6. The Balaban J connectivity index is 1.16. The minimum atomic E-state index is -4.13. The lowest BCUT2D eigenvalue weighted by molar-refractivity contribution is -0.139. The maximum atomic E-state index is 13.4. The van der Waals surface area contributed by atoms with Crippen molar-refractivity contribution in [2.24, 2.45) is 0 Å². The van der Waals surface area contributed by atoms with Crippen molar-refractivity contribution in [3.63, 3.8) is 0 Å². The summed E-state index contributed by atoms with van der Waals surface area (Å²) in [7, 11) is -4.13. The lowest BCUT2D eigenvalue weighted by atomic mass is 9.88. The number of guanidine groups is 1. The highest BCUT2D eigenvalue weighted by molar-refractivity contribution is 7.90. The molecular formula is C37H43N5O7S. The van der Waals surface area contributed by atoms with Gasteiger partial charge >= 0.3 is 5.97 Å². The number of hydrogen-bond donors (Lipinski definition) is 6. The normalized spacial score (nSPS) is 14.3. The van der Waals surface area contributed by atoms with Gasteiger partial charge < -0.3 is 25.5 Å². The fourth-order valence-electron chi connectivity index (χ4n) is 6.43. The summed E-state index contributed by atoms with van der Waals surface area (Å²) in [4.78, 5) is 40.6. The Morgan fingerprint density at radius 3 is 2.46 bits per heavy atom. The summed E-state index contributed by atoms with van der Waals surface area (Å²) in [6, 6.07) is 15.5. The minimum Gasteiger partial charge on any atom is -0.487 e. The second-order valence-electron chi connectivity index (χ2n) is 13.3. The third-order valence-corrected chi connectivity index (χ3v) is 10.8. The lowest BCUT2D eigenvalue weighted by Crippen LogP contribution is -2.44. The Morgan fingerprint density at radius 2 is 1.74 bits per heavy atom. The van der Waals surface area contributed by atoms with Gasteiger partial charge in [0.1, 0.15) is 23.0 Å². The zero-order valence-electron chi connectivity index (χ0n) is 28.8. The zero-order chi connectivity index (χ0) is 36.4. The predicted molar refractivity (Wildman–Crippen MR) is 192 cm³/mol. The molecule has 1 aliphatic heterocycles. The van der Waals surface area contributed by atoms with Gasteiger partial charge in [0.05, 0.1) is 4.90 Å². The van der Waals surface area contributed by atoms with E-state index < -0.39 is 39.5 Å². The average molecular weight is 702 g/mol. The minimum absolute atomic E-state index is 0.0379. The second-order valence-corrected chi connectivity index (χ2v) is 14.9. The molecule has 1 aliphatic rings. The van der Waals surface area contributed by atoms with Crippen LogP contribution in [0.15, 0.2) is 64.3 Å². The van der Waals surface area contributed by atoms with Gasteiger partial charge in [0.15, 0.2) is 0 Å². The summed E-state index contributed by atoms with van der Waals surface area (Å²) in [6.07, 6.45) is 1.98. The molecule has 12 nitrogen and oxygen atoms in total. The van der Waals surface area contributed by atoms with E-state index >= 15 is 0 Å². The van der Waals surface area contributed by atoms with E-state index in [9.17, 15) is 27.9 Å². The van der Waals surface area contributed by atoms with E-state index in [4.69, 9.17) is 10.1 Å². The third kappa shape index (κ3) is 7.83. The molecule has 0 radical (unpaired) electrons. The van der Waals surface area contributed by atoms with E-state index in [1.807, 2.05) is 63.2 Å². The number of H-pyrrole nitrogens is 1. The second kappa shape index (κ2) is 14.4. The van der Waals surface area contributed by atoms with E-state index in [1.165, 1.54) is 6.07 Å². The van der Waals surface area contributed by atoms with Gasteiger partial charge in [0.2, 0.25) is 5.96 Å². The molecule has 0 bridgehead atoms. The molecule has 3 aromatic carbocycles. The number of carbonyl (C=O) groups excluding carboxylic acids is 1. The molecule has 2 heterocycles. The summed E-state index contributed by atoms with van der Waals surface area (Å²) in [5.41, 5.74) is 3.10. The van der Waals surface area contributed by atoms with Gasteiger partial charge in [-0.3, -0.25) is 15.0 Å². The summed E-state index contributed by atoms with van der Waals surface area (Å²) >= 11 is 0. The number of aromatic amines is 1. The van der Waals surface area contributed by atoms with Crippen molar-refractivity contribution in [2.75, 3.05) is 6.54 Å². The molecule has 50 heavy (non-hydrogen) atoms. The molecule has 0 aliphatic carbocycles. The molecule has 6 N–H and O–H groups in total. The molecular weight excluding hydrogens is 659 g/mol. The van der Waals surface area contributed by atoms with Crippen molar-refractivity contribution < 1.29 is 27.9 Å². The molecule has 4 aromatic rings. The fourth-order valence-corrected chi connectivity index (χ4v) is 7.96. The number of sulfonamides is 1. The number of aliphatic carboxylic acids is 1. The van der Waals surface area contributed by atoms with Gasteiger partial charge in [0.25, 0.3) is 21.5 Å². The molecule has 1 amide bonds. The van der Waals surface area contributed by atoms with Gasteiger partial charge in [-0.05, 0) is 111 Å². The number of pyridine rings is 1. The molecule has 264 valence electrons. The van der Waals surface area contributed by atoms with Gasteiger partial charge in [0, 0.05) is 18.7 Å². The first kappa shape index (κ1) is 36.1. The van der Waals surface area contributed by atoms with Gasteiger partial charge in [-0.2, -0.15) is 0 Å². The number of carboxylic acid groups (broad SMARTS) is 1. The number of fused-ring (bicyclic) bond motifs is 2. The van der Waals surface area contributed by atoms with Crippen molar-refractivity contribution >= 4 is 38.6 Å². The number of ether oxygens (including phenoxy) is 1. The van der Waals surface area contributed by atoms with Crippen LogP contribution in [0.4, 0.5) is 0 Å². The first-order chi connectivity index (χ1) is 23.6. The highest BCUT2D eigenvalue weighted by Gasteiger charge is 2.33. The lowest BCUT2D eigenvalue weighted by Gasteiger charge is -2.35. The van der Waals surface area contributed by atoms with Gasteiger partial charge in [-0.1, -0.05) is 42.5 Å². The molecule has 0 fully saturated rings. The van der Waals surface area contributed by atoms with E-state index in [0.717, 1.165) is 33.9 Å². The van der Waals surface area contributed by atoms with Crippen LogP contribution >= 0.6 is 0 Å². The molecule has 0 unspecified atom stereocenters. The van der Waals surface area contributed by atoms with Crippen LogP contribution in [0.25, 0.3) is 10.8 Å². The van der Waals surface area contributed by atoms with Crippen molar-refractivity contribution in [3.05, 3.63) is 104 Å². The smallest absolute Gasteiger partial charge is 0.326 e. The fraction of sp³-hybridized carbons (Fsp3) is 0.351. The molecule has 1 atom stereocenters. The van der Waals surface area contributed by atoms with Crippen molar-refractivity contribution in [3.8, 4) is 5.75 Å². The Morgan fingerprint density at radius 1 is 1.02 bits per heavy atom. The molecule has 0 saturated carbocycles. The van der Waals surface area contributed by atoms with E-state index in [-0.39, 0.29) is 35.4 Å². The Hall–Kier alpha value is -5.17. The van der Waals surface area contributed by atoms with Crippen LogP contribution in [0.3, 0.4) is 0 Å².